The first-order valence-corrected chi connectivity index (χ1v) is 4.22. The molecule has 0 fully saturated rings. The summed E-state index contributed by atoms with van der Waals surface area (Å²) in [6, 6.07) is 0. The van der Waals surface area contributed by atoms with Crippen LogP contribution in [-0.2, 0) is 9.47 Å². The Bertz CT molecular complexity index is 51.6. The van der Waals surface area contributed by atoms with Gasteiger partial charge in [0, 0.05) is 26.1 Å². The third kappa shape index (κ3) is 8.27. The fraction of sp³-hybridized carbons (Fsp3) is 1.00. The Labute approximate surface area is 68.3 Å². The molecule has 0 aromatic rings. The van der Waals surface area contributed by atoms with Gasteiger partial charge in [0.15, 0.2) is 0 Å². The SMILES string of the molecule is COCCCCOCCS. The Kier molecular flexibility index (Phi) is 9.52. The zero-order chi connectivity index (χ0) is 7.66. The van der Waals surface area contributed by atoms with Crippen molar-refractivity contribution >= 4 is 12.6 Å². The number of rotatable bonds is 7. The number of methoxy groups -OCH3 is 1. The molecule has 0 amide bonds. The van der Waals surface area contributed by atoms with Crippen LogP contribution in [-0.4, -0.2) is 32.7 Å². The van der Waals surface area contributed by atoms with Gasteiger partial charge in [-0.05, 0) is 12.8 Å². The lowest BCUT2D eigenvalue weighted by Crippen LogP contribution is -1.99. The second-order valence-corrected chi connectivity index (χ2v) is 2.48. The van der Waals surface area contributed by atoms with Crippen molar-refractivity contribution < 1.29 is 9.47 Å². The van der Waals surface area contributed by atoms with Crippen molar-refractivity contribution in [2.45, 2.75) is 12.8 Å². The van der Waals surface area contributed by atoms with Crippen LogP contribution < -0.4 is 0 Å². The Morgan fingerprint density at radius 3 is 2.40 bits per heavy atom. The third-order valence-corrected chi connectivity index (χ3v) is 1.31. The predicted molar refractivity (Wildman–Crippen MR) is 45.8 cm³/mol. The maximum atomic E-state index is 5.20. The zero-order valence-corrected chi connectivity index (χ0v) is 7.40. The zero-order valence-electron chi connectivity index (χ0n) is 6.51. The van der Waals surface area contributed by atoms with Crippen LogP contribution in [0.2, 0.25) is 0 Å². The molecule has 0 heterocycles. The van der Waals surface area contributed by atoms with E-state index in [0.29, 0.717) is 0 Å². The summed E-state index contributed by atoms with van der Waals surface area (Å²) < 4.78 is 10.1. The molecule has 2 nitrogen and oxygen atoms in total. The Morgan fingerprint density at radius 1 is 1.10 bits per heavy atom. The third-order valence-electron chi connectivity index (χ3n) is 1.12. The highest BCUT2D eigenvalue weighted by Gasteiger charge is 1.87. The van der Waals surface area contributed by atoms with Crippen molar-refractivity contribution in [2.75, 3.05) is 32.7 Å². The molecule has 0 saturated carbocycles. The van der Waals surface area contributed by atoms with Gasteiger partial charge in [-0.3, -0.25) is 0 Å². The molecular weight excluding hydrogens is 148 g/mol. The van der Waals surface area contributed by atoms with E-state index in [2.05, 4.69) is 12.6 Å². The minimum atomic E-state index is 0.760. The minimum Gasteiger partial charge on any atom is -0.385 e. The smallest absolute Gasteiger partial charge is 0.0554 e. The van der Waals surface area contributed by atoms with Crippen molar-refractivity contribution in [3.8, 4) is 0 Å². The van der Waals surface area contributed by atoms with Gasteiger partial charge < -0.3 is 9.47 Å². The van der Waals surface area contributed by atoms with Crippen molar-refractivity contribution in [2.24, 2.45) is 0 Å². The Hall–Kier alpha value is 0.270. The second kappa shape index (κ2) is 9.27. The molecule has 0 rings (SSSR count). The molecule has 0 atom stereocenters. The number of ether oxygens (including phenoxy) is 2. The van der Waals surface area contributed by atoms with Gasteiger partial charge in [0.1, 0.15) is 0 Å². The summed E-state index contributed by atoms with van der Waals surface area (Å²) in [7, 11) is 1.72. The topological polar surface area (TPSA) is 18.5 Å². The first kappa shape index (κ1) is 10.3. The standard InChI is InChI=1S/C7H16O2S/c1-8-4-2-3-5-9-6-7-10/h10H,2-7H2,1H3. The summed E-state index contributed by atoms with van der Waals surface area (Å²) in [6.45, 7) is 2.43. The van der Waals surface area contributed by atoms with Gasteiger partial charge >= 0.3 is 0 Å². The van der Waals surface area contributed by atoms with Crippen LogP contribution in [0.4, 0.5) is 0 Å². The molecule has 3 heteroatoms. The van der Waals surface area contributed by atoms with Gasteiger partial charge in [-0.15, -0.1) is 0 Å². The Morgan fingerprint density at radius 2 is 1.80 bits per heavy atom. The summed E-state index contributed by atoms with van der Waals surface area (Å²) >= 11 is 4.01. The maximum Gasteiger partial charge on any atom is 0.0554 e. The normalized spacial score (nSPS) is 10.2. The number of unbranched alkanes of at least 4 members (excludes halogenated alkanes) is 1. The summed E-state index contributed by atoms with van der Waals surface area (Å²) in [5.41, 5.74) is 0. The van der Waals surface area contributed by atoms with E-state index in [-0.39, 0.29) is 0 Å². The van der Waals surface area contributed by atoms with Crippen molar-refractivity contribution in [3.05, 3.63) is 0 Å². The molecule has 0 N–H and O–H groups in total. The molecule has 0 aromatic heterocycles. The highest BCUT2D eigenvalue weighted by Crippen LogP contribution is 1.90. The molecule has 0 aliphatic rings. The fourth-order valence-electron chi connectivity index (χ4n) is 0.617. The van der Waals surface area contributed by atoms with Gasteiger partial charge in [-0.25, -0.2) is 0 Å². The van der Waals surface area contributed by atoms with E-state index in [1.807, 2.05) is 0 Å². The second-order valence-electron chi connectivity index (χ2n) is 2.04. The lowest BCUT2D eigenvalue weighted by Gasteiger charge is -2.00. The monoisotopic (exact) mass is 164 g/mol. The highest BCUT2D eigenvalue weighted by molar-refractivity contribution is 7.80. The molecule has 0 saturated heterocycles. The van der Waals surface area contributed by atoms with E-state index in [1.54, 1.807) is 7.11 Å². The highest BCUT2D eigenvalue weighted by atomic mass is 32.1. The van der Waals surface area contributed by atoms with E-state index < -0.39 is 0 Å². The van der Waals surface area contributed by atoms with E-state index in [0.717, 1.165) is 38.4 Å². The molecule has 62 valence electrons. The van der Waals surface area contributed by atoms with E-state index in [9.17, 15) is 0 Å². The van der Waals surface area contributed by atoms with Crippen LogP contribution >= 0.6 is 12.6 Å². The summed E-state index contributed by atoms with van der Waals surface area (Å²) in [5.74, 6) is 0.810. The van der Waals surface area contributed by atoms with Crippen LogP contribution in [0, 0.1) is 0 Å². The average molecular weight is 164 g/mol. The molecule has 0 aliphatic heterocycles. The summed E-state index contributed by atoms with van der Waals surface area (Å²) in [5, 5.41) is 0. The van der Waals surface area contributed by atoms with Crippen LogP contribution in [0.5, 0.6) is 0 Å². The van der Waals surface area contributed by atoms with Gasteiger partial charge in [-0.2, -0.15) is 12.6 Å². The molecule has 0 unspecified atom stereocenters. The van der Waals surface area contributed by atoms with Crippen molar-refractivity contribution in [3.63, 3.8) is 0 Å². The van der Waals surface area contributed by atoms with Gasteiger partial charge in [-0.1, -0.05) is 0 Å². The quantitative estimate of drug-likeness (QED) is 0.452. The van der Waals surface area contributed by atoms with Crippen LogP contribution in [0.3, 0.4) is 0 Å². The van der Waals surface area contributed by atoms with E-state index in [1.165, 1.54) is 0 Å². The molecule has 10 heavy (non-hydrogen) atoms. The maximum absolute atomic E-state index is 5.20. The number of hydrogen-bond donors (Lipinski definition) is 1. The minimum absolute atomic E-state index is 0.760. The van der Waals surface area contributed by atoms with Crippen LogP contribution in [0.15, 0.2) is 0 Å². The van der Waals surface area contributed by atoms with Gasteiger partial charge in [0.25, 0.3) is 0 Å². The Balaban J connectivity index is 2.65. The van der Waals surface area contributed by atoms with Crippen LogP contribution in [0.1, 0.15) is 12.8 Å². The van der Waals surface area contributed by atoms with E-state index in [4.69, 9.17) is 9.47 Å². The molecule has 0 aromatic carbocycles. The lowest BCUT2D eigenvalue weighted by atomic mass is 10.3. The first-order chi connectivity index (χ1) is 4.91. The largest absolute Gasteiger partial charge is 0.385 e. The summed E-state index contributed by atoms with van der Waals surface area (Å²) in [6.07, 6.45) is 2.17. The molecular formula is C7H16O2S. The first-order valence-electron chi connectivity index (χ1n) is 3.59. The van der Waals surface area contributed by atoms with Gasteiger partial charge in [0.2, 0.25) is 0 Å². The van der Waals surface area contributed by atoms with Crippen molar-refractivity contribution in [1.82, 2.24) is 0 Å². The van der Waals surface area contributed by atoms with Gasteiger partial charge in [0.05, 0.1) is 6.61 Å². The molecule has 0 spiro atoms. The fourth-order valence-corrected chi connectivity index (χ4v) is 0.746. The van der Waals surface area contributed by atoms with Crippen molar-refractivity contribution in [1.29, 1.82) is 0 Å². The number of thiol groups is 1. The molecule has 0 aliphatic carbocycles. The predicted octanol–water partition coefficient (Wildman–Crippen LogP) is 1.36. The molecule has 0 bridgehead atoms. The summed E-state index contributed by atoms with van der Waals surface area (Å²) in [4.78, 5) is 0. The average Bonchev–Trinajstić information content (AvgIpc) is 1.97. The lowest BCUT2D eigenvalue weighted by molar-refractivity contribution is 0.131. The number of hydrogen-bond acceptors (Lipinski definition) is 3. The van der Waals surface area contributed by atoms with Crippen LogP contribution in [0.25, 0.3) is 0 Å². The van der Waals surface area contributed by atoms with E-state index >= 15 is 0 Å². The molecule has 0 radical (unpaired) electrons.